The highest BCUT2D eigenvalue weighted by Gasteiger charge is 2.32. The first-order valence-corrected chi connectivity index (χ1v) is 12.9. The van der Waals surface area contributed by atoms with E-state index < -0.39 is 10.0 Å². The van der Waals surface area contributed by atoms with Crippen LogP contribution in [0.1, 0.15) is 49.4 Å². The molecule has 0 saturated carbocycles. The number of H-pyrrole nitrogens is 1. The molecule has 1 fully saturated rings. The summed E-state index contributed by atoms with van der Waals surface area (Å²) >= 11 is 0. The van der Waals surface area contributed by atoms with Crippen molar-refractivity contribution in [3.63, 3.8) is 0 Å². The second-order valence-electron chi connectivity index (χ2n) is 8.59. The molecule has 9 heteroatoms. The second kappa shape index (κ2) is 10.1. The number of aromatic amines is 1. The van der Waals surface area contributed by atoms with E-state index in [1.807, 2.05) is 51.1 Å². The third kappa shape index (κ3) is 5.22. The molecule has 0 aliphatic carbocycles. The van der Waals surface area contributed by atoms with Crippen LogP contribution in [0.3, 0.4) is 0 Å². The lowest BCUT2D eigenvalue weighted by Gasteiger charge is -2.34. The Kier molecular flexibility index (Phi) is 7.16. The van der Waals surface area contributed by atoms with Crippen LogP contribution in [-0.4, -0.2) is 53.9 Å². The summed E-state index contributed by atoms with van der Waals surface area (Å²) in [6.07, 6.45) is 1.99. The minimum absolute atomic E-state index is 0.0962. The number of amides is 1. The van der Waals surface area contributed by atoms with Crippen LogP contribution in [0.4, 0.5) is 0 Å². The largest absolute Gasteiger partial charge is 0.373 e. The number of ether oxygens (including phenoxy) is 1. The molecule has 180 valence electrons. The van der Waals surface area contributed by atoms with E-state index in [0.29, 0.717) is 12.2 Å². The molecule has 1 saturated heterocycles. The van der Waals surface area contributed by atoms with Crippen molar-refractivity contribution < 1.29 is 17.9 Å². The molecule has 3 unspecified atom stereocenters. The van der Waals surface area contributed by atoms with Crippen molar-refractivity contribution in [2.75, 3.05) is 13.1 Å². The van der Waals surface area contributed by atoms with Crippen LogP contribution in [0.25, 0.3) is 11.3 Å². The molecule has 2 N–H and O–H groups in total. The van der Waals surface area contributed by atoms with Gasteiger partial charge in [-0.3, -0.25) is 4.79 Å². The Morgan fingerprint density at radius 2 is 1.85 bits per heavy atom. The van der Waals surface area contributed by atoms with Gasteiger partial charge in [-0.2, -0.15) is 4.31 Å². The summed E-state index contributed by atoms with van der Waals surface area (Å²) in [6.45, 7) is 6.22. The van der Waals surface area contributed by atoms with Gasteiger partial charge in [-0.15, -0.1) is 0 Å². The Labute approximate surface area is 200 Å². The maximum atomic E-state index is 13.2. The summed E-state index contributed by atoms with van der Waals surface area (Å²) in [7, 11) is -3.74. The van der Waals surface area contributed by atoms with Crippen molar-refractivity contribution in [3.05, 3.63) is 72.2 Å². The third-order valence-corrected chi connectivity index (χ3v) is 7.67. The fourth-order valence-corrected chi connectivity index (χ4v) is 5.79. The van der Waals surface area contributed by atoms with E-state index in [2.05, 4.69) is 15.3 Å². The summed E-state index contributed by atoms with van der Waals surface area (Å²) in [5.41, 5.74) is 2.15. The molecule has 0 bridgehead atoms. The molecular weight excluding hydrogens is 452 g/mol. The van der Waals surface area contributed by atoms with E-state index >= 15 is 0 Å². The number of benzene rings is 2. The zero-order valence-corrected chi connectivity index (χ0v) is 20.4. The highest BCUT2D eigenvalue weighted by Crippen LogP contribution is 2.23. The number of imidazole rings is 1. The lowest BCUT2D eigenvalue weighted by Crippen LogP contribution is -2.48. The van der Waals surface area contributed by atoms with Gasteiger partial charge in [0, 0.05) is 18.7 Å². The average molecular weight is 483 g/mol. The van der Waals surface area contributed by atoms with E-state index in [1.165, 1.54) is 16.4 Å². The number of nitrogens with one attached hydrogen (secondary N) is 2. The van der Waals surface area contributed by atoms with Crippen LogP contribution in [0.15, 0.2) is 65.7 Å². The number of sulfonamides is 1. The Bertz CT molecular complexity index is 1230. The molecule has 4 rings (SSSR count). The fourth-order valence-electron chi connectivity index (χ4n) is 4.16. The molecule has 3 atom stereocenters. The Balaban J connectivity index is 1.51. The molecule has 34 heavy (non-hydrogen) atoms. The van der Waals surface area contributed by atoms with Gasteiger partial charge in [-0.05, 0) is 44.0 Å². The average Bonchev–Trinajstić information content (AvgIpc) is 3.32. The lowest BCUT2D eigenvalue weighted by molar-refractivity contribution is -0.0440. The number of hydrogen-bond acceptors (Lipinski definition) is 5. The maximum Gasteiger partial charge on any atom is 0.251 e. The van der Waals surface area contributed by atoms with Crippen LogP contribution >= 0.6 is 0 Å². The standard InChI is InChI=1S/C25H30N4O4S/c1-4-22(24-26-14-23(27-24)19-9-6-5-7-10-19)28-25(30)20-11-8-12-21(13-20)34(31,32)29-15-17(2)33-18(3)16-29/h5-14,17-18,22H,4,15-16H2,1-3H3,(H,26,27)(H,28,30). The van der Waals surface area contributed by atoms with Crippen molar-refractivity contribution >= 4 is 15.9 Å². The Hall–Kier alpha value is -3.01. The number of carbonyl (C=O) groups is 1. The highest BCUT2D eigenvalue weighted by molar-refractivity contribution is 7.89. The number of aromatic nitrogens is 2. The molecule has 8 nitrogen and oxygen atoms in total. The van der Waals surface area contributed by atoms with Gasteiger partial charge in [-0.25, -0.2) is 13.4 Å². The van der Waals surface area contributed by atoms with Gasteiger partial charge in [0.2, 0.25) is 10.0 Å². The normalized spacial score (nSPS) is 20.1. The quantitative estimate of drug-likeness (QED) is 0.534. The number of carbonyl (C=O) groups excluding carboxylic acids is 1. The first-order chi connectivity index (χ1) is 16.3. The summed E-state index contributed by atoms with van der Waals surface area (Å²) in [5.74, 6) is 0.292. The maximum absolute atomic E-state index is 13.2. The first-order valence-electron chi connectivity index (χ1n) is 11.4. The molecule has 1 aliphatic heterocycles. The van der Waals surface area contributed by atoms with Crippen molar-refractivity contribution in [2.24, 2.45) is 0 Å². The molecule has 1 aromatic heterocycles. The van der Waals surface area contributed by atoms with E-state index in [4.69, 9.17) is 4.74 Å². The van der Waals surface area contributed by atoms with Crippen molar-refractivity contribution in [3.8, 4) is 11.3 Å². The first kappa shape index (κ1) is 24.1. The molecule has 2 aromatic carbocycles. The smallest absolute Gasteiger partial charge is 0.251 e. The number of morpholine rings is 1. The molecule has 1 aliphatic rings. The number of nitrogens with zero attached hydrogens (tertiary/aromatic N) is 2. The van der Waals surface area contributed by atoms with Crippen molar-refractivity contribution in [1.82, 2.24) is 19.6 Å². The van der Waals surface area contributed by atoms with Crippen LogP contribution in [-0.2, 0) is 14.8 Å². The minimum atomic E-state index is -3.74. The van der Waals surface area contributed by atoms with Crippen molar-refractivity contribution in [2.45, 2.75) is 50.3 Å². The molecule has 0 radical (unpaired) electrons. The molecule has 1 amide bonds. The summed E-state index contributed by atoms with van der Waals surface area (Å²) < 4.78 is 33.5. The van der Waals surface area contributed by atoms with Crippen LogP contribution in [0.2, 0.25) is 0 Å². The van der Waals surface area contributed by atoms with Gasteiger partial charge < -0.3 is 15.0 Å². The third-order valence-electron chi connectivity index (χ3n) is 5.84. The second-order valence-corrected chi connectivity index (χ2v) is 10.5. The SMILES string of the molecule is CCC(NC(=O)c1cccc(S(=O)(=O)N2CC(C)OC(C)C2)c1)c1ncc(-c2ccccc2)[nH]1. The van der Waals surface area contributed by atoms with Gasteiger partial charge in [-0.1, -0.05) is 43.3 Å². The van der Waals surface area contributed by atoms with Gasteiger partial charge in [0.15, 0.2) is 0 Å². The van der Waals surface area contributed by atoms with E-state index in [1.54, 1.807) is 18.3 Å². The Morgan fingerprint density at radius 3 is 2.53 bits per heavy atom. The zero-order chi connectivity index (χ0) is 24.3. The summed E-state index contributed by atoms with van der Waals surface area (Å²) in [4.78, 5) is 20.9. The van der Waals surface area contributed by atoms with Gasteiger partial charge in [0.1, 0.15) is 5.82 Å². The zero-order valence-electron chi connectivity index (χ0n) is 19.6. The number of hydrogen-bond donors (Lipinski definition) is 2. The summed E-state index contributed by atoms with van der Waals surface area (Å²) in [5, 5.41) is 2.98. The van der Waals surface area contributed by atoms with Gasteiger partial charge in [0.25, 0.3) is 5.91 Å². The fraction of sp³-hybridized carbons (Fsp3) is 0.360. The predicted molar refractivity (Wildman–Crippen MR) is 130 cm³/mol. The Morgan fingerprint density at radius 1 is 1.15 bits per heavy atom. The topological polar surface area (TPSA) is 104 Å². The summed E-state index contributed by atoms with van der Waals surface area (Å²) in [6, 6.07) is 15.6. The van der Waals surface area contributed by atoms with E-state index in [-0.39, 0.29) is 47.7 Å². The van der Waals surface area contributed by atoms with Gasteiger partial charge in [0.05, 0.1) is 35.0 Å². The number of rotatable bonds is 7. The van der Waals surface area contributed by atoms with Crippen LogP contribution in [0, 0.1) is 0 Å². The molecule has 0 spiro atoms. The lowest BCUT2D eigenvalue weighted by atomic mass is 10.1. The predicted octanol–water partition coefficient (Wildman–Crippen LogP) is 3.76. The minimum Gasteiger partial charge on any atom is -0.373 e. The van der Waals surface area contributed by atoms with E-state index in [0.717, 1.165) is 11.3 Å². The van der Waals surface area contributed by atoms with Crippen LogP contribution in [0.5, 0.6) is 0 Å². The van der Waals surface area contributed by atoms with Gasteiger partial charge >= 0.3 is 0 Å². The van der Waals surface area contributed by atoms with E-state index in [9.17, 15) is 13.2 Å². The monoisotopic (exact) mass is 482 g/mol. The molecule has 3 aromatic rings. The van der Waals surface area contributed by atoms with Crippen molar-refractivity contribution in [1.29, 1.82) is 0 Å². The van der Waals surface area contributed by atoms with Crippen LogP contribution < -0.4 is 5.32 Å². The molecule has 2 heterocycles. The molecular formula is C25H30N4O4S. The highest BCUT2D eigenvalue weighted by atomic mass is 32.2.